The van der Waals surface area contributed by atoms with Gasteiger partial charge >= 0.3 is 0 Å². The number of pyridine rings is 3. The van der Waals surface area contributed by atoms with E-state index in [0.717, 1.165) is 46.1 Å². The molecule has 1 fully saturated rings. The number of halogens is 1. The predicted octanol–water partition coefficient (Wildman–Crippen LogP) is 4.50. The maximum atomic E-state index is 12.3. The van der Waals surface area contributed by atoms with Crippen molar-refractivity contribution < 1.29 is 4.79 Å². The minimum absolute atomic E-state index is 0.156. The summed E-state index contributed by atoms with van der Waals surface area (Å²) in [5.74, 6) is 0.325. The van der Waals surface area contributed by atoms with Crippen molar-refractivity contribution in [2.24, 2.45) is 5.92 Å². The Bertz CT molecular complexity index is 1190. The van der Waals surface area contributed by atoms with Crippen LogP contribution in [0.15, 0.2) is 43.0 Å². The van der Waals surface area contributed by atoms with Gasteiger partial charge in [0.05, 0.1) is 5.52 Å². The van der Waals surface area contributed by atoms with E-state index in [1.54, 1.807) is 18.6 Å². The molecule has 0 saturated heterocycles. The number of aromatic nitrogens is 4. The van der Waals surface area contributed by atoms with Crippen LogP contribution >= 0.6 is 11.6 Å². The number of hydrogen-bond acceptors (Lipinski definition) is 4. The smallest absolute Gasteiger partial charge is 0.184 e. The van der Waals surface area contributed by atoms with Crippen LogP contribution in [0.3, 0.4) is 0 Å². The summed E-state index contributed by atoms with van der Waals surface area (Å²) in [6, 6.07) is 5.77. The molecule has 0 aromatic carbocycles. The van der Waals surface area contributed by atoms with Gasteiger partial charge in [0.2, 0.25) is 0 Å². The zero-order chi connectivity index (χ0) is 17.8. The average molecular weight is 363 g/mol. The van der Waals surface area contributed by atoms with Crippen molar-refractivity contribution in [3.63, 3.8) is 0 Å². The third-order valence-electron chi connectivity index (χ3n) is 4.92. The molecule has 26 heavy (non-hydrogen) atoms. The van der Waals surface area contributed by atoms with Gasteiger partial charge in [0.1, 0.15) is 16.5 Å². The van der Waals surface area contributed by atoms with E-state index < -0.39 is 0 Å². The third-order valence-corrected chi connectivity index (χ3v) is 5.13. The number of Topliss-reactive ketones (excluding diaryl/α,β-unsaturated/α-hetero) is 1. The molecular weight excluding hydrogens is 348 g/mol. The van der Waals surface area contributed by atoms with E-state index in [4.69, 9.17) is 11.6 Å². The van der Waals surface area contributed by atoms with E-state index in [-0.39, 0.29) is 11.7 Å². The Morgan fingerprint density at radius 1 is 1.12 bits per heavy atom. The van der Waals surface area contributed by atoms with Crippen LogP contribution in [0.25, 0.3) is 27.7 Å². The molecule has 6 heteroatoms. The average Bonchev–Trinajstić information content (AvgIpc) is 3.37. The molecule has 0 N–H and O–H groups in total. The monoisotopic (exact) mass is 362 g/mol. The fourth-order valence-electron chi connectivity index (χ4n) is 3.39. The zero-order valence-corrected chi connectivity index (χ0v) is 14.9. The molecule has 4 heterocycles. The zero-order valence-electron chi connectivity index (χ0n) is 14.1. The number of aryl methyl sites for hydroxylation is 1. The molecule has 4 aromatic heterocycles. The Labute approximate surface area is 154 Å². The van der Waals surface area contributed by atoms with E-state index in [9.17, 15) is 4.79 Å². The standard InChI is InChI=1S/C20H15ClN4O/c1-11-6-16(19(26)12-2-3-12)23-10-15(11)14-7-13-9-24-18(21)8-17(13)25-5-4-22-20(14)25/h4-10,12H,2-3H2,1H3. The van der Waals surface area contributed by atoms with E-state index in [1.165, 1.54) is 0 Å². The molecule has 1 aliphatic carbocycles. The Hall–Kier alpha value is -2.79. The highest BCUT2D eigenvalue weighted by Crippen LogP contribution is 2.34. The first-order valence-corrected chi connectivity index (χ1v) is 8.92. The second-order valence-electron chi connectivity index (χ2n) is 6.77. The Morgan fingerprint density at radius 3 is 2.73 bits per heavy atom. The highest BCUT2D eigenvalue weighted by Gasteiger charge is 2.31. The molecule has 4 aromatic rings. The van der Waals surface area contributed by atoms with Gasteiger partial charge in [-0.1, -0.05) is 11.6 Å². The molecule has 5 rings (SSSR count). The van der Waals surface area contributed by atoms with Crippen molar-refractivity contribution in [2.75, 3.05) is 0 Å². The van der Waals surface area contributed by atoms with Gasteiger partial charge in [0.15, 0.2) is 5.78 Å². The molecule has 5 nitrogen and oxygen atoms in total. The van der Waals surface area contributed by atoms with E-state index in [2.05, 4.69) is 15.0 Å². The summed E-state index contributed by atoms with van der Waals surface area (Å²) in [7, 11) is 0. The first-order valence-electron chi connectivity index (χ1n) is 8.54. The Kier molecular flexibility index (Phi) is 3.34. The van der Waals surface area contributed by atoms with Gasteiger partial charge in [-0.05, 0) is 37.5 Å². The van der Waals surface area contributed by atoms with Crippen LogP contribution in [0.2, 0.25) is 5.15 Å². The normalized spacial score (nSPS) is 14.2. The van der Waals surface area contributed by atoms with E-state index in [0.29, 0.717) is 10.8 Å². The predicted molar refractivity (Wildman–Crippen MR) is 101 cm³/mol. The molecule has 128 valence electrons. The molecule has 1 aliphatic rings. The summed E-state index contributed by atoms with van der Waals surface area (Å²) in [6.45, 7) is 2.00. The molecule has 0 atom stereocenters. The lowest BCUT2D eigenvalue weighted by Gasteiger charge is -2.11. The molecule has 1 saturated carbocycles. The van der Waals surface area contributed by atoms with Gasteiger partial charge in [0, 0.05) is 53.3 Å². The fraction of sp³-hybridized carbons (Fsp3) is 0.200. The highest BCUT2D eigenvalue weighted by molar-refractivity contribution is 6.30. The minimum atomic E-state index is 0.156. The summed E-state index contributed by atoms with van der Waals surface area (Å²) < 4.78 is 2.00. The number of fused-ring (bicyclic) bond motifs is 3. The second kappa shape index (κ2) is 5.61. The number of carbonyl (C=O) groups is 1. The van der Waals surface area contributed by atoms with Crippen LogP contribution in [0, 0.1) is 12.8 Å². The summed E-state index contributed by atoms with van der Waals surface area (Å²) in [6.07, 6.45) is 9.18. The number of carbonyl (C=O) groups excluding carboxylic acids is 1. The molecule has 0 aliphatic heterocycles. The maximum absolute atomic E-state index is 12.3. The van der Waals surface area contributed by atoms with E-state index in [1.807, 2.05) is 35.7 Å². The number of hydrogen-bond donors (Lipinski definition) is 0. The number of rotatable bonds is 3. The fourth-order valence-corrected chi connectivity index (χ4v) is 3.55. The summed E-state index contributed by atoms with van der Waals surface area (Å²) >= 11 is 6.06. The second-order valence-corrected chi connectivity index (χ2v) is 7.15. The SMILES string of the molecule is Cc1cc(C(=O)C2CC2)ncc1-c1cc2cnc(Cl)cc2n2ccnc12. The van der Waals surface area contributed by atoms with Crippen LogP contribution in [0.5, 0.6) is 0 Å². The van der Waals surface area contributed by atoms with Crippen LogP contribution in [-0.4, -0.2) is 25.1 Å². The van der Waals surface area contributed by atoms with Gasteiger partial charge in [0.25, 0.3) is 0 Å². The molecular formula is C20H15ClN4O. The van der Waals surface area contributed by atoms with Gasteiger partial charge in [-0.15, -0.1) is 0 Å². The van der Waals surface area contributed by atoms with Gasteiger partial charge in [-0.3, -0.25) is 14.2 Å². The Morgan fingerprint density at radius 2 is 1.96 bits per heavy atom. The van der Waals surface area contributed by atoms with Crippen molar-refractivity contribution in [3.05, 3.63) is 59.4 Å². The van der Waals surface area contributed by atoms with Crippen LogP contribution in [-0.2, 0) is 0 Å². The van der Waals surface area contributed by atoms with Crippen molar-refractivity contribution in [2.45, 2.75) is 19.8 Å². The lowest BCUT2D eigenvalue weighted by Crippen LogP contribution is -2.05. The van der Waals surface area contributed by atoms with Crippen LogP contribution in [0.1, 0.15) is 28.9 Å². The Balaban J connectivity index is 1.72. The summed E-state index contributed by atoms with van der Waals surface area (Å²) in [5.41, 5.74) is 5.27. The lowest BCUT2D eigenvalue weighted by atomic mass is 10.0. The number of imidazole rings is 1. The third kappa shape index (κ3) is 2.39. The first kappa shape index (κ1) is 15.5. The van der Waals surface area contributed by atoms with Crippen molar-refractivity contribution in [3.8, 4) is 11.1 Å². The minimum Gasteiger partial charge on any atom is -0.299 e. The summed E-state index contributed by atoms with van der Waals surface area (Å²) in [5, 5.41) is 1.41. The van der Waals surface area contributed by atoms with E-state index >= 15 is 0 Å². The maximum Gasteiger partial charge on any atom is 0.184 e. The van der Waals surface area contributed by atoms with Crippen molar-refractivity contribution in [1.29, 1.82) is 0 Å². The highest BCUT2D eigenvalue weighted by atomic mass is 35.5. The molecule has 0 bridgehead atoms. The van der Waals surface area contributed by atoms with Gasteiger partial charge in [-0.25, -0.2) is 9.97 Å². The van der Waals surface area contributed by atoms with Gasteiger partial charge in [-0.2, -0.15) is 0 Å². The van der Waals surface area contributed by atoms with Gasteiger partial charge < -0.3 is 0 Å². The lowest BCUT2D eigenvalue weighted by molar-refractivity contribution is 0.0962. The van der Waals surface area contributed by atoms with Crippen LogP contribution in [0.4, 0.5) is 0 Å². The first-order chi connectivity index (χ1) is 12.6. The number of nitrogens with zero attached hydrogens (tertiary/aromatic N) is 4. The quantitative estimate of drug-likeness (QED) is 0.397. The summed E-state index contributed by atoms with van der Waals surface area (Å²) in [4.78, 5) is 25.4. The molecule has 0 unspecified atom stereocenters. The molecule has 0 amide bonds. The molecule has 0 radical (unpaired) electrons. The van der Waals surface area contributed by atoms with Crippen LogP contribution < -0.4 is 0 Å². The van der Waals surface area contributed by atoms with Crippen molar-refractivity contribution in [1.82, 2.24) is 19.4 Å². The number of ketones is 1. The van der Waals surface area contributed by atoms with Crippen molar-refractivity contribution >= 4 is 33.9 Å². The largest absolute Gasteiger partial charge is 0.299 e. The topological polar surface area (TPSA) is 60.2 Å². The molecule has 0 spiro atoms.